The van der Waals surface area contributed by atoms with Crippen molar-refractivity contribution in [2.75, 3.05) is 19.0 Å². The van der Waals surface area contributed by atoms with Crippen molar-refractivity contribution in [2.24, 2.45) is 20.0 Å². The average Bonchev–Trinajstić information content (AvgIpc) is 3.44. The Hall–Kier alpha value is -3.36. The third-order valence-corrected chi connectivity index (χ3v) is 5.37. The minimum absolute atomic E-state index is 0.198. The second-order valence-corrected chi connectivity index (χ2v) is 7.63. The summed E-state index contributed by atoms with van der Waals surface area (Å²) < 4.78 is 14.1. The van der Waals surface area contributed by atoms with Crippen LogP contribution in [-0.4, -0.2) is 38.3 Å². The smallest absolute Gasteiger partial charge is 0.290 e. The largest absolute Gasteiger partial charge is 0.495 e. The van der Waals surface area contributed by atoms with E-state index in [1.807, 2.05) is 32.3 Å². The van der Waals surface area contributed by atoms with Crippen molar-refractivity contribution >= 4 is 5.69 Å². The number of hydrogen-bond donors (Lipinski definition) is 1. The molecule has 0 aliphatic heterocycles. The highest BCUT2D eigenvalue weighted by Crippen LogP contribution is 2.46. The van der Waals surface area contributed by atoms with E-state index in [1.54, 1.807) is 31.1 Å². The minimum Gasteiger partial charge on any atom is -0.495 e. The van der Waals surface area contributed by atoms with Gasteiger partial charge in [-0.05, 0) is 25.5 Å². The Morgan fingerprint density at radius 1 is 1.27 bits per heavy atom. The van der Waals surface area contributed by atoms with Crippen LogP contribution in [0.3, 0.4) is 0 Å². The summed E-state index contributed by atoms with van der Waals surface area (Å²) >= 11 is 0. The van der Waals surface area contributed by atoms with E-state index < -0.39 is 0 Å². The highest BCUT2D eigenvalue weighted by molar-refractivity contribution is 5.44. The first-order valence-electron chi connectivity index (χ1n) is 9.88. The Balaban J connectivity index is 1.37. The van der Waals surface area contributed by atoms with Crippen molar-refractivity contribution in [3.8, 4) is 11.6 Å². The summed E-state index contributed by atoms with van der Waals surface area (Å²) in [6.45, 7) is 2.98. The summed E-state index contributed by atoms with van der Waals surface area (Å²) in [6, 6.07) is 5.59. The SMILES string of the molecule is COc1ccc([C@H]2CC2COc2cc(NCc3cn(C)nc3C)c(=O)n(C)n2)nc1. The zero-order valence-electron chi connectivity index (χ0n) is 17.6. The highest BCUT2D eigenvalue weighted by atomic mass is 16.5. The first kappa shape index (κ1) is 19.9. The van der Waals surface area contributed by atoms with Gasteiger partial charge in [0.05, 0.1) is 25.6 Å². The number of aryl methyl sites for hydroxylation is 3. The van der Waals surface area contributed by atoms with Gasteiger partial charge in [-0.1, -0.05) is 0 Å². The fourth-order valence-corrected chi connectivity index (χ4v) is 3.51. The van der Waals surface area contributed by atoms with Gasteiger partial charge in [0.2, 0.25) is 5.88 Å². The van der Waals surface area contributed by atoms with Crippen molar-refractivity contribution in [3.63, 3.8) is 0 Å². The molecule has 0 saturated heterocycles. The van der Waals surface area contributed by atoms with Gasteiger partial charge >= 0.3 is 0 Å². The number of anilines is 1. The van der Waals surface area contributed by atoms with Crippen LogP contribution in [0.4, 0.5) is 5.69 Å². The van der Waals surface area contributed by atoms with Gasteiger partial charge in [-0.25, -0.2) is 4.68 Å². The highest BCUT2D eigenvalue weighted by Gasteiger charge is 2.40. The predicted octanol–water partition coefficient (Wildman–Crippen LogP) is 2.02. The molecule has 0 radical (unpaired) electrons. The fraction of sp³-hybridized carbons (Fsp3) is 0.429. The number of nitrogens with one attached hydrogen (secondary N) is 1. The number of aromatic nitrogens is 5. The van der Waals surface area contributed by atoms with Crippen molar-refractivity contribution in [3.05, 3.63) is 57.9 Å². The molecule has 1 N–H and O–H groups in total. The molecule has 1 fully saturated rings. The molecule has 2 atom stereocenters. The van der Waals surface area contributed by atoms with Gasteiger partial charge in [0, 0.05) is 56.0 Å². The maximum absolute atomic E-state index is 12.4. The van der Waals surface area contributed by atoms with Crippen LogP contribution in [0, 0.1) is 12.8 Å². The Morgan fingerprint density at radius 3 is 2.77 bits per heavy atom. The van der Waals surface area contributed by atoms with Gasteiger partial charge in [-0.2, -0.15) is 5.10 Å². The van der Waals surface area contributed by atoms with Crippen LogP contribution in [0.5, 0.6) is 11.6 Å². The molecule has 3 heterocycles. The molecule has 3 aromatic rings. The molecule has 0 spiro atoms. The number of pyridine rings is 1. The van der Waals surface area contributed by atoms with Crippen molar-refractivity contribution in [2.45, 2.75) is 25.8 Å². The lowest BCUT2D eigenvalue weighted by molar-refractivity contribution is 0.278. The number of ether oxygens (including phenoxy) is 2. The molecular formula is C21H26N6O3. The van der Waals surface area contributed by atoms with Crippen LogP contribution in [0.15, 0.2) is 35.4 Å². The van der Waals surface area contributed by atoms with Crippen molar-refractivity contribution < 1.29 is 9.47 Å². The molecule has 4 rings (SSSR count). The molecule has 0 amide bonds. The van der Waals surface area contributed by atoms with Gasteiger partial charge in [-0.3, -0.25) is 14.5 Å². The van der Waals surface area contributed by atoms with Crippen molar-refractivity contribution in [1.82, 2.24) is 24.5 Å². The Bertz CT molecular complexity index is 1090. The number of methoxy groups -OCH3 is 1. The lowest BCUT2D eigenvalue weighted by atomic mass is 10.2. The van der Waals surface area contributed by atoms with Gasteiger partial charge in [0.15, 0.2) is 0 Å². The van der Waals surface area contributed by atoms with Crippen LogP contribution in [0.25, 0.3) is 0 Å². The molecule has 1 unspecified atom stereocenters. The third kappa shape index (κ3) is 4.29. The maximum atomic E-state index is 12.4. The van der Waals surface area contributed by atoms with E-state index in [-0.39, 0.29) is 5.56 Å². The Labute approximate surface area is 174 Å². The van der Waals surface area contributed by atoms with Crippen LogP contribution in [-0.2, 0) is 20.6 Å². The Kier molecular flexibility index (Phi) is 5.43. The molecule has 1 saturated carbocycles. The van der Waals surface area contributed by atoms with Gasteiger partial charge in [-0.15, -0.1) is 5.10 Å². The van der Waals surface area contributed by atoms with E-state index >= 15 is 0 Å². The summed E-state index contributed by atoms with van der Waals surface area (Å²) in [4.78, 5) is 16.9. The minimum atomic E-state index is -0.198. The average molecular weight is 410 g/mol. The second kappa shape index (κ2) is 8.17. The zero-order chi connectivity index (χ0) is 21.3. The molecule has 1 aliphatic carbocycles. The molecular weight excluding hydrogens is 384 g/mol. The molecule has 30 heavy (non-hydrogen) atoms. The quantitative estimate of drug-likeness (QED) is 0.607. The Morgan fingerprint density at radius 2 is 2.10 bits per heavy atom. The van der Waals surface area contributed by atoms with E-state index in [9.17, 15) is 4.79 Å². The summed E-state index contributed by atoms with van der Waals surface area (Å²) in [6.07, 6.45) is 4.70. The summed E-state index contributed by atoms with van der Waals surface area (Å²) in [5.41, 5.74) is 3.27. The number of hydrogen-bond acceptors (Lipinski definition) is 7. The monoisotopic (exact) mass is 410 g/mol. The van der Waals surface area contributed by atoms with E-state index in [1.165, 1.54) is 4.68 Å². The van der Waals surface area contributed by atoms with E-state index in [4.69, 9.17) is 9.47 Å². The second-order valence-electron chi connectivity index (χ2n) is 7.63. The van der Waals surface area contributed by atoms with E-state index in [0.717, 1.165) is 29.1 Å². The zero-order valence-corrected chi connectivity index (χ0v) is 17.6. The first-order valence-corrected chi connectivity index (χ1v) is 9.88. The fourth-order valence-electron chi connectivity index (χ4n) is 3.51. The molecule has 9 heteroatoms. The summed E-state index contributed by atoms with van der Waals surface area (Å²) in [7, 11) is 5.13. The van der Waals surface area contributed by atoms with Gasteiger partial charge < -0.3 is 14.8 Å². The standard InChI is InChI=1S/C21H26N6O3/c1-13-15(11-26(2)24-13)9-22-19-8-20(25-27(3)21(19)28)30-12-14-7-17(14)18-6-5-16(29-4)10-23-18/h5-6,8,10-11,14,17,22H,7,9,12H2,1-4H3/t14?,17-/m0/s1. The summed E-state index contributed by atoms with van der Waals surface area (Å²) in [5, 5.41) is 11.7. The van der Waals surface area contributed by atoms with Crippen molar-refractivity contribution in [1.29, 1.82) is 0 Å². The van der Waals surface area contributed by atoms with Crippen LogP contribution >= 0.6 is 0 Å². The topological polar surface area (TPSA) is 96.1 Å². The van der Waals surface area contributed by atoms with Gasteiger partial charge in [0.1, 0.15) is 11.4 Å². The maximum Gasteiger partial charge on any atom is 0.290 e. The predicted molar refractivity (Wildman–Crippen MR) is 112 cm³/mol. The molecule has 9 nitrogen and oxygen atoms in total. The van der Waals surface area contributed by atoms with E-state index in [2.05, 4.69) is 20.5 Å². The molecule has 158 valence electrons. The van der Waals surface area contributed by atoms with Crippen LogP contribution in [0.1, 0.15) is 29.3 Å². The molecule has 3 aromatic heterocycles. The molecule has 0 bridgehead atoms. The molecule has 0 aromatic carbocycles. The normalized spacial score (nSPS) is 17.6. The van der Waals surface area contributed by atoms with Crippen LogP contribution in [0.2, 0.25) is 0 Å². The van der Waals surface area contributed by atoms with Crippen LogP contribution < -0.4 is 20.3 Å². The number of nitrogens with zero attached hydrogens (tertiary/aromatic N) is 5. The third-order valence-electron chi connectivity index (χ3n) is 5.37. The number of rotatable bonds is 8. The van der Waals surface area contributed by atoms with E-state index in [0.29, 0.717) is 36.6 Å². The first-order chi connectivity index (χ1) is 14.4. The molecule has 1 aliphatic rings. The van der Waals surface area contributed by atoms with Gasteiger partial charge in [0.25, 0.3) is 5.56 Å². The lowest BCUT2D eigenvalue weighted by Gasteiger charge is -2.10. The lowest BCUT2D eigenvalue weighted by Crippen LogP contribution is -2.24. The summed E-state index contributed by atoms with van der Waals surface area (Å²) in [5.74, 6) is 1.95.